The number of rotatable bonds is 7. The quantitative estimate of drug-likeness (QED) is 0.431. The fourth-order valence-electron chi connectivity index (χ4n) is 4.48. The predicted molar refractivity (Wildman–Crippen MR) is 129 cm³/mol. The maximum absolute atomic E-state index is 13.5. The lowest BCUT2D eigenvalue weighted by molar-refractivity contribution is -0.141. The number of hydrogen-bond acceptors (Lipinski definition) is 6. The Hall–Kier alpha value is -3.81. The number of aromatic hydroxyl groups is 1. The molecule has 1 saturated carbocycles. The van der Waals surface area contributed by atoms with E-state index in [4.69, 9.17) is 0 Å². The molecule has 2 aromatic rings. The number of nitrogens with zero attached hydrogens (tertiary/aromatic N) is 2. The topological polar surface area (TPSA) is 102 Å². The third-order valence-corrected chi connectivity index (χ3v) is 6.30. The van der Waals surface area contributed by atoms with Crippen LogP contribution in [-0.2, 0) is 16.1 Å². The second-order valence-electron chi connectivity index (χ2n) is 8.89. The fraction of sp³-hybridized carbons (Fsp3) is 0.346. The summed E-state index contributed by atoms with van der Waals surface area (Å²) < 4.78 is 0. The summed E-state index contributed by atoms with van der Waals surface area (Å²) in [6, 6.07) is 14.2. The summed E-state index contributed by atoms with van der Waals surface area (Å²) in [6.45, 7) is 0.365. The summed E-state index contributed by atoms with van der Waals surface area (Å²) in [5.74, 6) is -1.42. The molecular weight excluding hydrogens is 432 g/mol. The molecule has 0 bridgehead atoms. The van der Waals surface area contributed by atoms with Gasteiger partial charge < -0.3 is 20.6 Å². The van der Waals surface area contributed by atoms with Gasteiger partial charge in [-0.05, 0) is 30.5 Å². The number of hydrogen-bond donors (Lipinski definition) is 3. The molecule has 0 atom stereocenters. The SMILES string of the molecule is CN(C)C(=O)c1cccc(NC2=C(NCc3ccccc3)C(=O)N(C3CCCCC3)C2=O)c1O. The van der Waals surface area contributed by atoms with Crippen molar-refractivity contribution < 1.29 is 19.5 Å². The maximum atomic E-state index is 13.5. The molecule has 0 aromatic heterocycles. The zero-order valence-electron chi connectivity index (χ0n) is 19.5. The number of carbonyl (C=O) groups excluding carboxylic acids is 3. The number of amides is 3. The van der Waals surface area contributed by atoms with Crippen LogP contribution in [0.1, 0.15) is 48.0 Å². The van der Waals surface area contributed by atoms with Crippen molar-refractivity contribution >= 4 is 23.4 Å². The lowest BCUT2D eigenvalue weighted by atomic mass is 9.94. The van der Waals surface area contributed by atoms with E-state index in [1.807, 2.05) is 30.3 Å². The fourth-order valence-corrected chi connectivity index (χ4v) is 4.48. The lowest BCUT2D eigenvalue weighted by Crippen LogP contribution is -2.43. The summed E-state index contributed by atoms with van der Waals surface area (Å²) in [5.41, 5.74) is 1.51. The Labute approximate surface area is 199 Å². The Bertz CT molecular complexity index is 1120. The first-order valence-electron chi connectivity index (χ1n) is 11.6. The van der Waals surface area contributed by atoms with Gasteiger partial charge in [-0.1, -0.05) is 55.7 Å². The second-order valence-corrected chi connectivity index (χ2v) is 8.89. The van der Waals surface area contributed by atoms with Gasteiger partial charge in [-0.2, -0.15) is 0 Å². The maximum Gasteiger partial charge on any atom is 0.279 e. The predicted octanol–water partition coefficient (Wildman–Crippen LogP) is 3.21. The number of anilines is 1. The molecule has 2 aromatic carbocycles. The third kappa shape index (κ3) is 4.62. The highest BCUT2D eigenvalue weighted by atomic mass is 16.3. The minimum atomic E-state index is -0.420. The van der Waals surface area contributed by atoms with E-state index in [2.05, 4.69) is 10.6 Å². The van der Waals surface area contributed by atoms with Crippen LogP contribution in [0.15, 0.2) is 59.9 Å². The highest BCUT2D eigenvalue weighted by Gasteiger charge is 2.43. The molecule has 8 heteroatoms. The normalized spacial score (nSPS) is 16.7. The Balaban J connectivity index is 1.67. The van der Waals surface area contributed by atoms with Crippen molar-refractivity contribution in [3.63, 3.8) is 0 Å². The summed E-state index contributed by atoms with van der Waals surface area (Å²) in [4.78, 5) is 42.0. The van der Waals surface area contributed by atoms with E-state index in [-0.39, 0.29) is 46.3 Å². The molecule has 34 heavy (non-hydrogen) atoms. The number of benzene rings is 2. The van der Waals surface area contributed by atoms with E-state index >= 15 is 0 Å². The van der Waals surface area contributed by atoms with Crippen molar-refractivity contribution in [3.05, 3.63) is 71.1 Å². The smallest absolute Gasteiger partial charge is 0.279 e. The van der Waals surface area contributed by atoms with Crippen molar-refractivity contribution in [1.29, 1.82) is 0 Å². The average molecular weight is 463 g/mol. The summed E-state index contributed by atoms with van der Waals surface area (Å²) >= 11 is 0. The zero-order chi connectivity index (χ0) is 24.2. The van der Waals surface area contributed by atoms with E-state index in [9.17, 15) is 19.5 Å². The molecule has 4 rings (SSSR count). The van der Waals surface area contributed by atoms with E-state index < -0.39 is 5.91 Å². The summed E-state index contributed by atoms with van der Waals surface area (Å²) in [7, 11) is 3.19. The highest BCUT2D eigenvalue weighted by molar-refractivity contribution is 6.20. The van der Waals surface area contributed by atoms with Gasteiger partial charge in [-0.25, -0.2) is 0 Å². The van der Waals surface area contributed by atoms with Gasteiger partial charge in [-0.15, -0.1) is 0 Å². The van der Waals surface area contributed by atoms with Gasteiger partial charge in [0.05, 0.1) is 11.3 Å². The monoisotopic (exact) mass is 462 g/mol. The number of imide groups is 1. The van der Waals surface area contributed by atoms with E-state index in [1.165, 1.54) is 15.9 Å². The van der Waals surface area contributed by atoms with Gasteiger partial charge in [0.15, 0.2) is 5.75 Å². The van der Waals surface area contributed by atoms with Gasteiger partial charge in [0.2, 0.25) is 0 Å². The number of phenols is 1. The molecular formula is C26H30N4O4. The number of carbonyl (C=O) groups is 3. The molecule has 0 radical (unpaired) electrons. The van der Waals surface area contributed by atoms with Crippen LogP contribution in [0.2, 0.25) is 0 Å². The van der Waals surface area contributed by atoms with Gasteiger partial charge in [0, 0.05) is 26.7 Å². The van der Waals surface area contributed by atoms with Gasteiger partial charge in [0.1, 0.15) is 11.4 Å². The van der Waals surface area contributed by atoms with Crippen LogP contribution in [0.25, 0.3) is 0 Å². The van der Waals surface area contributed by atoms with E-state index in [0.29, 0.717) is 6.54 Å². The molecule has 2 aliphatic rings. The molecule has 3 amide bonds. The van der Waals surface area contributed by atoms with Gasteiger partial charge in [-0.3, -0.25) is 19.3 Å². The van der Waals surface area contributed by atoms with Crippen molar-refractivity contribution in [3.8, 4) is 5.75 Å². The third-order valence-electron chi connectivity index (χ3n) is 6.30. The minimum absolute atomic E-state index is 0.0799. The lowest BCUT2D eigenvalue weighted by Gasteiger charge is -2.29. The molecule has 1 fully saturated rings. The van der Waals surface area contributed by atoms with Crippen LogP contribution in [0.5, 0.6) is 5.75 Å². The number of para-hydroxylation sites is 1. The molecule has 178 valence electrons. The van der Waals surface area contributed by atoms with Crippen molar-refractivity contribution in [2.75, 3.05) is 19.4 Å². The minimum Gasteiger partial charge on any atom is -0.505 e. The largest absolute Gasteiger partial charge is 0.505 e. The molecule has 1 heterocycles. The number of nitrogens with one attached hydrogen (secondary N) is 2. The average Bonchev–Trinajstić information content (AvgIpc) is 3.08. The van der Waals surface area contributed by atoms with E-state index in [1.54, 1.807) is 26.2 Å². The summed E-state index contributed by atoms with van der Waals surface area (Å²) in [5, 5.41) is 16.9. The van der Waals surface area contributed by atoms with Crippen molar-refractivity contribution in [2.45, 2.75) is 44.7 Å². The zero-order valence-corrected chi connectivity index (χ0v) is 19.5. The first-order valence-corrected chi connectivity index (χ1v) is 11.6. The number of phenolic OH excluding ortho intramolecular Hbond substituents is 1. The Morgan fingerprint density at radius 2 is 1.65 bits per heavy atom. The molecule has 1 aliphatic carbocycles. The first kappa shape index (κ1) is 23.4. The summed E-state index contributed by atoms with van der Waals surface area (Å²) in [6.07, 6.45) is 4.63. The molecule has 8 nitrogen and oxygen atoms in total. The molecule has 0 saturated heterocycles. The van der Waals surface area contributed by atoms with Crippen LogP contribution in [0, 0.1) is 0 Å². The van der Waals surface area contributed by atoms with Crippen LogP contribution in [-0.4, -0.2) is 52.8 Å². The first-order chi connectivity index (χ1) is 16.4. The van der Waals surface area contributed by atoms with E-state index in [0.717, 1.165) is 37.7 Å². The van der Waals surface area contributed by atoms with Gasteiger partial charge in [0.25, 0.3) is 17.7 Å². The van der Waals surface area contributed by atoms with Crippen LogP contribution < -0.4 is 10.6 Å². The molecule has 0 spiro atoms. The van der Waals surface area contributed by atoms with Crippen molar-refractivity contribution in [1.82, 2.24) is 15.1 Å². The molecule has 3 N–H and O–H groups in total. The Morgan fingerprint density at radius 3 is 2.32 bits per heavy atom. The Morgan fingerprint density at radius 1 is 0.971 bits per heavy atom. The second kappa shape index (κ2) is 9.99. The molecule has 0 unspecified atom stereocenters. The van der Waals surface area contributed by atoms with Crippen LogP contribution >= 0.6 is 0 Å². The highest BCUT2D eigenvalue weighted by Crippen LogP contribution is 2.34. The van der Waals surface area contributed by atoms with Crippen molar-refractivity contribution in [2.24, 2.45) is 0 Å². The Kier molecular flexibility index (Phi) is 6.86. The van der Waals surface area contributed by atoms with Gasteiger partial charge >= 0.3 is 0 Å². The standard InChI is InChI=1S/C26H30N4O4/c1-29(2)24(32)19-14-9-15-20(23(19)31)28-22-21(27-16-17-10-5-3-6-11-17)25(33)30(26(22)34)18-12-7-4-8-13-18/h3,5-6,9-11,14-15,18,27-28,31H,4,7-8,12-13,16H2,1-2H3. The van der Waals surface area contributed by atoms with Crippen LogP contribution in [0.4, 0.5) is 5.69 Å². The van der Waals surface area contributed by atoms with Crippen LogP contribution in [0.3, 0.4) is 0 Å². The molecule has 1 aliphatic heterocycles.